The highest BCUT2D eigenvalue weighted by Gasteiger charge is 2.30. The third-order valence-electron chi connectivity index (χ3n) is 4.90. The summed E-state index contributed by atoms with van der Waals surface area (Å²) in [6.45, 7) is 13.7. The molecule has 0 aromatic heterocycles. The summed E-state index contributed by atoms with van der Waals surface area (Å²) in [7, 11) is 0. The largest absolute Gasteiger partial charge is 0.343 e. The van der Waals surface area contributed by atoms with E-state index in [-0.39, 0.29) is 0 Å². The monoisotopic (exact) mass is 334 g/mol. The fourth-order valence-electron chi connectivity index (χ4n) is 3.48. The summed E-state index contributed by atoms with van der Waals surface area (Å²) in [6, 6.07) is 10.1. The highest BCUT2D eigenvalue weighted by Crippen LogP contribution is 2.17. The molecule has 0 spiro atoms. The number of quaternary nitrogens is 1. The summed E-state index contributed by atoms with van der Waals surface area (Å²) in [5.74, 6) is 0. The van der Waals surface area contributed by atoms with E-state index in [0.29, 0.717) is 12.1 Å². The third kappa shape index (κ3) is 4.92. The van der Waals surface area contributed by atoms with Gasteiger partial charge in [0.1, 0.15) is 0 Å². The number of benzene rings is 1. The molecule has 1 heterocycles. The van der Waals surface area contributed by atoms with E-state index in [1.54, 1.807) is 4.90 Å². The zero-order valence-electron chi connectivity index (χ0n) is 15.2. The predicted octanol–water partition coefficient (Wildman–Crippen LogP) is 2.86. The lowest BCUT2D eigenvalue weighted by molar-refractivity contribution is -0.926. The Morgan fingerprint density at radius 2 is 1.70 bits per heavy atom. The van der Waals surface area contributed by atoms with Gasteiger partial charge in [-0.15, -0.1) is 0 Å². The molecule has 3 nitrogen and oxygen atoms in total. The Labute approximate surface area is 147 Å². The average Bonchev–Trinajstić information content (AvgIpc) is 2.50. The van der Waals surface area contributed by atoms with Gasteiger partial charge in [-0.05, 0) is 59.0 Å². The van der Waals surface area contributed by atoms with E-state index in [2.05, 4.69) is 69.1 Å². The molecule has 0 saturated carbocycles. The van der Waals surface area contributed by atoms with E-state index in [0.717, 1.165) is 16.8 Å². The first-order valence-electron chi connectivity index (χ1n) is 8.89. The van der Waals surface area contributed by atoms with E-state index >= 15 is 0 Å². The van der Waals surface area contributed by atoms with Gasteiger partial charge >= 0.3 is 0 Å². The number of likely N-dealkylation sites (tertiary alicyclic amines) is 1. The van der Waals surface area contributed by atoms with Gasteiger partial charge in [0.05, 0.1) is 19.1 Å². The molecule has 1 aromatic rings. The highest BCUT2D eigenvalue weighted by molar-refractivity contribution is 7.80. The van der Waals surface area contributed by atoms with Crippen molar-refractivity contribution in [3.8, 4) is 0 Å². The Kier molecular flexibility index (Phi) is 6.42. The second-order valence-corrected chi connectivity index (χ2v) is 7.73. The SMILES string of the molecule is Cc1ccc(NC(=S)N(C(C)C)C2CC[NH+](C(C)C)CC2)cc1. The molecule has 2 rings (SSSR count). The second kappa shape index (κ2) is 8.11. The molecule has 1 aliphatic rings. The quantitative estimate of drug-likeness (QED) is 0.826. The lowest BCUT2D eigenvalue weighted by Crippen LogP contribution is -3.16. The molecule has 1 aromatic carbocycles. The standard InChI is InChI=1S/C19H31N3S/c1-14(2)21-12-10-18(11-13-21)22(15(3)4)19(23)20-17-8-6-16(5)7-9-17/h6-9,14-15,18H,10-13H2,1-5H3,(H,20,23)/p+1. The molecule has 23 heavy (non-hydrogen) atoms. The number of piperidine rings is 1. The highest BCUT2D eigenvalue weighted by atomic mass is 32.1. The molecule has 128 valence electrons. The number of hydrogen-bond acceptors (Lipinski definition) is 1. The van der Waals surface area contributed by atoms with Crippen LogP contribution >= 0.6 is 12.2 Å². The van der Waals surface area contributed by atoms with Gasteiger partial charge in [-0.3, -0.25) is 0 Å². The molecule has 1 saturated heterocycles. The fraction of sp³-hybridized carbons (Fsp3) is 0.632. The molecule has 0 bridgehead atoms. The van der Waals surface area contributed by atoms with Gasteiger partial charge < -0.3 is 15.1 Å². The Hall–Kier alpha value is -1.13. The van der Waals surface area contributed by atoms with Crippen LogP contribution < -0.4 is 10.2 Å². The Bertz CT molecular complexity index is 502. The molecule has 0 amide bonds. The van der Waals surface area contributed by atoms with Crippen LogP contribution in [0.3, 0.4) is 0 Å². The van der Waals surface area contributed by atoms with Crippen molar-refractivity contribution in [3.63, 3.8) is 0 Å². The molecule has 1 fully saturated rings. The number of thiocarbonyl (C=S) groups is 1. The van der Waals surface area contributed by atoms with E-state index in [1.807, 2.05) is 0 Å². The van der Waals surface area contributed by atoms with Gasteiger partial charge in [0.2, 0.25) is 0 Å². The van der Waals surface area contributed by atoms with Crippen molar-refractivity contribution in [2.45, 2.75) is 65.6 Å². The van der Waals surface area contributed by atoms with Crippen LogP contribution in [0.1, 0.15) is 46.1 Å². The molecule has 0 aliphatic carbocycles. The minimum atomic E-state index is 0.422. The maximum atomic E-state index is 5.74. The first-order valence-corrected chi connectivity index (χ1v) is 9.30. The second-order valence-electron chi connectivity index (χ2n) is 7.34. The van der Waals surface area contributed by atoms with Gasteiger partial charge in [-0.2, -0.15) is 0 Å². The number of nitrogens with one attached hydrogen (secondary N) is 2. The number of hydrogen-bond donors (Lipinski definition) is 2. The number of aryl methyl sites for hydroxylation is 1. The summed E-state index contributed by atoms with van der Waals surface area (Å²) in [5, 5.41) is 4.30. The van der Waals surface area contributed by atoms with Crippen LogP contribution in [-0.2, 0) is 0 Å². The molecule has 0 radical (unpaired) electrons. The minimum absolute atomic E-state index is 0.422. The molecular weight excluding hydrogens is 302 g/mol. The van der Waals surface area contributed by atoms with Gasteiger partial charge in [0, 0.05) is 30.6 Å². The molecule has 0 unspecified atom stereocenters. The number of rotatable bonds is 4. The summed E-state index contributed by atoms with van der Waals surface area (Å²) < 4.78 is 0. The Morgan fingerprint density at radius 1 is 1.13 bits per heavy atom. The van der Waals surface area contributed by atoms with Crippen molar-refractivity contribution < 1.29 is 4.90 Å². The normalized spacial score (nSPS) is 21.5. The van der Waals surface area contributed by atoms with Crippen molar-refractivity contribution in [3.05, 3.63) is 29.8 Å². The first-order chi connectivity index (χ1) is 10.9. The lowest BCUT2D eigenvalue weighted by Gasteiger charge is -2.41. The summed E-state index contributed by atoms with van der Waals surface area (Å²) in [5.41, 5.74) is 2.35. The Morgan fingerprint density at radius 3 is 2.17 bits per heavy atom. The maximum absolute atomic E-state index is 5.74. The van der Waals surface area contributed by atoms with Crippen molar-refractivity contribution >= 4 is 23.0 Å². The minimum Gasteiger partial charge on any atom is -0.343 e. The van der Waals surface area contributed by atoms with Gasteiger partial charge in [0.15, 0.2) is 5.11 Å². The van der Waals surface area contributed by atoms with Crippen molar-refractivity contribution in [1.82, 2.24) is 4.90 Å². The number of nitrogens with zero attached hydrogens (tertiary/aromatic N) is 1. The van der Waals surface area contributed by atoms with E-state index < -0.39 is 0 Å². The molecule has 2 N–H and O–H groups in total. The van der Waals surface area contributed by atoms with E-state index in [1.165, 1.54) is 31.5 Å². The lowest BCUT2D eigenvalue weighted by atomic mass is 10.0. The van der Waals surface area contributed by atoms with Crippen LogP contribution in [0.5, 0.6) is 0 Å². The summed E-state index contributed by atoms with van der Waals surface area (Å²) >= 11 is 5.74. The van der Waals surface area contributed by atoms with Crippen LogP contribution in [0.25, 0.3) is 0 Å². The molecule has 1 aliphatic heterocycles. The molecule has 4 heteroatoms. The summed E-state index contributed by atoms with van der Waals surface area (Å²) in [4.78, 5) is 4.13. The topological polar surface area (TPSA) is 19.7 Å². The fourth-order valence-corrected chi connectivity index (χ4v) is 3.95. The van der Waals surface area contributed by atoms with Crippen LogP contribution in [-0.4, -0.2) is 41.2 Å². The average molecular weight is 335 g/mol. The first kappa shape index (κ1) is 18.2. The zero-order chi connectivity index (χ0) is 17.0. The third-order valence-corrected chi connectivity index (χ3v) is 5.21. The smallest absolute Gasteiger partial charge is 0.173 e. The summed E-state index contributed by atoms with van der Waals surface area (Å²) in [6.07, 6.45) is 2.45. The van der Waals surface area contributed by atoms with E-state index in [4.69, 9.17) is 12.2 Å². The molecule has 0 atom stereocenters. The maximum Gasteiger partial charge on any atom is 0.173 e. The van der Waals surface area contributed by atoms with Gasteiger partial charge in [-0.25, -0.2) is 0 Å². The van der Waals surface area contributed by atoms with Gasteiger partial charge in [0.25, 0.3) is 0 Å². The van der Waals surface area contributed by atoms with Crippen LogP contribution in [0, 0.1) is 6.92 Å². The molecular formula is C19H32N3S+. The van der Waals surface area contributed by atoms with Crippen molar-refractivity contribution in [2.24, 2.45) is 0 Å². The van der Waals surface area contributed by atoms with Crippen LogP contribution in [0.2, 0.25) is 0 Å². The van der Waals surface area contributed by atoms with Crippen molar-refractivity contribution in [1.29, 1.82) is 0 Å². The van der Waals surface area contributed by atoms with Crippen molar-refractivity contribution in [2.75, 3.05) is 18.4 Å². The van der Waals surface area contributed by atoms with Crippen LogP contribution in [0.4, 0.5) is 5.69 Å². The van der Waals surface area contributed by atoms with Crippen LogP contribution in [0.15, 0.2) is 24.3 Å². The van der Waals surface area contributed by atoms with E-state index in [9.17, 15) is 0 Å². The Balaban J connectivity index is 2.00. The zero-order valence-corrected chi connectivity index (χ0v) is 16.0. The number of anilines is 1. The predicted molar refractivity (Wildman–Crippen MR) is 103 cm³/mol. The van der Waals surface area contributed by atoms with Gasteiger partial charge in [-0.1, -0.05) is 17.7 Å².